The molecule has 0 saturated heterocycles. The van der Waals surface area contributed by atoms with E-state index in [1.54, 1.807) is 10.7 Å². The topological polar surface area (TPSA) is 53.1 Å². The van der Waals surface area contributed by atoms with Crippen LogP contribution in [0.15, 0.2) is 12.1 Å². The van der Waals surface area contributed by atoms with Crippen molar-refractivity contribution < 1.29 is 9.13 Å². The molecule has 0 unspecified atom stereocenters. The zero-order valence-corrected chi connectivity index (χ0v) is 10.9. The molecule has 0 amide bonds. The second kappa shape index (κ2) is 4.33. The summed E-state index contributed by atoms with van der Waals surface area (Å²) < 4.78 is 20.7. The Hall–Kier alpha value is -2.04. The van der Waals surface area contributed by atoms with Crippen molar-refractivity contribution in [3.63, 3.8) is 0 Å². The highest BCUT2D eigenvalue weighted by atomic mass is 19.1. The molecule has 2 aromatic rings. The van der Waals surface area contributed by atoms with Crippen LogP contribution >= 0.6 is 0 Å². The number of aryl methyl sites for hydroxylation is 1. The summed E-state index contributed by atoms with van der Waals surface area (Å²) in [4.78, 5) is 0. The van der Waals surface area contributed by atoms with Gasteiger partial charge in [0, 0.05) is 17.8 Å². The second-order valence-electron chi connectivity index (χ2n) is 4.25. The molecule has 0 radical (unpaired) electrons. The fraction of sp³-hybridized carbons (Fsp3) is 0.308. The van der Waals surface area contributed by atoms with E-state index in [4.69, 9.17) is 10.5 Å². The van der Waals surface area contributed by atoms with Gasteiger partial charge in [-0.05, 0) is 26.3 Å². The summed E-state index contributed by atoms with van der Waals surface area (Å²) in [5, 5.41) is 4.33. The van der Waals surface area contributed by atoms with Gasteiger partial charge in [0.1, 0.15) is 11.4 Å². The fourth-order valence-corrected chi connectivity index (χ4v) is 1.85. The van der Waals surface area contributed by atoms with Gasteiger partial charge in [-0.3, -0.25) is 0 Å². The molecule has 0 bridgehead atoms. The highest BCUT2D eigenvalue weighted by Gasteiger charge is 2.15. The van der Waals surface area contributed by atoms with Crippen LogP contribution in [0.1, 0.15) is 17.0 Å². The van der Waals surface area contributed by atoms with Crippen LogP contribution in [0, 0.1) is 26.6 Å². The number of hydrogen-bond donors (Lipinski definition) is 1. The van der Waals surface area contributed by atoms with E-state index in [0.717, 1.165) is 17.0 Å². The third kappa shape index (κ3) is 1.81. The Kier molecular flexibility index (Phi) is 2.98. The molecule has 2 N–H and O–H groups in total. The van der Waals surface area contributed by atoms with Crippen LogP contribution in [-0.4, -0.2) is 16.9 Å². The number of anilines is 1. The van der Waals surface area contributed by atoms with E-state index in [2.05, 4.69) is 5.10 Å². The lowest BCUT2D eigenvalue weighted by molar-refractivity contribution is 0.415. The summed E-state index contributed by atoms with van der Waals surface area (Å²) in [7, 11) is 1.50. The quantitative estimate of drug-likeness (QED) is 0.832. The van der Waals surface area contributed by atoms with Crippen LogP contribution in [0.4, 0.5) is 10.1 Å². The Balaban J connectivity index is 2.67. The minimum absolute atomic E-state index is 0.275. The summed E-state index contributed by atoms with van der Waals surface area (Å²) in [5.41, 5.74) is 9.10. The molecular formula is C13H16FN3O. The van der Waals surface area contributed by atoms with Crippen LogP contribution < -0.4 is 10.5 Å². The molecule has 0 atom stereocenters. The zero-order valence-electron chi connectivity index (χ0n) is 10.9. The first kappa shape index (κ1) is 12.4. The van der Waals surface area contributed by atoms with Crippen molar-refractivity contribution in [2.45, 2.75) is 20.8 Å². The molecule has 0 saturated carbocycles. The zero-order chi connectivity index (χ0) is 13.4. The Labute approximate surface area is 105 Å². The van der Waals surface area contributed by atoms with Gasteiger partial charge in [0.15, 0.2) is 5.82 Å². The number of hydrogen-bond acceptors (Lipinski definition) is 3. The van der Waals surface area contributed by atoms with Crippen LogP contribution in [0.2, 0.25) is 0 Å². The van der Waals surface area contributed by atoms with Crippen molar-refractivity contribution in [2.75, 3.05) is 12.8 Å². The molecule has 4 nitrogen and oxygen atoms in total. The number of rotatable bonds is 2. The van der Waals surface area contributed by atoms with Gasteiger partial charge in [-0.2, -0.15) is 5.10 Å². The Morgan fingerprint density at radius 2 is 1.94 bits per heavy atom. The number of methoxy groups -OCH3 is 1. The largest absolute Gasteiger partial charge is 0.495 e. The first-order valence-electron chi connectivity index (χ1n) is 5.62. The van der Waals surface area contributed by atoms with Crippen LogP contribution in [-0.2, 0) is 0 Å². The third-order valence-electron chi connectivity index (χ3n) is 3.18. The first-order valence-corrected chi connectivity index (χ1v) is 5.62. The van der Waals surface area contributed by atoms with E-state index in [9.17, 15) is 4.39 Å². The summed E-state index contributed by atoms with van der Waals surface area (Å²) in [6.45, 7) is 5.75. The molecule has 1 aromatic heterocycles. The van der Waals surface area contributed by atoms with Crippen molar-refractivity contribution in [1.82, 2.24) is 9.78 Å². The average Bonchev–Trinajstić information content (AvgIpc) is 2.57. The maximum absolute atomic E-state index is 14.0. The van der Waals surface area contributed by atoms with Gasteiger partial charge in [-0.25, -0.2) is 9.07 Å². The molecule has 18 heavy (non-hydrogen) atoms. The normalized spacial score (nSPS) is 10.7. The summed E-state index contributed by atoms with van der Waals surface area (Å²) in [6.07, 6.45) is 0. The Bertz CT molecular complexity index is 605. The van der Waals surface area contributed by atoms with Crippen molar-refractivity contribution in [2.24, 2.45) is 0 Å². The summed E-state index contributed by atoms with van der Waals surface area (Å²) >= 11 is 0. The molecule has 96 valence electrons. The van der Waals surface area contributed by atoms with Gasteiger partial charge in [0.2, 0.25) is 0 Å². The van der Waals surface area contributed by atoms with E-state index in [1.165, 1.54) is 13.2 Å². The van der Waals surface area contributed by atoms with E-state index in [-0.39, 0.29) is 5.69 Å². The maximum atomic E-state index is 14.0. The molecule has 0 aliphatic carbocycles. The molecule has 0 aliphatic heterocycles. The van der Waals surface area contributed by atoms with Crippen molar-refractivity contribution in [3.8, 4) is 11.4 Å². The predicted molar refractivity (Wildman–Crippen MR) is 68.7 cm³/mol. The molecule has 5 heteroatoms. The van der Waals surface area contributed by atoms with Gasteiger partial charge in [-0.15, -0.1) is 0 Å². The Morgan fingerprint density at radius 1 is 1.28 bits per heavy atom. The number of aromatic nitrogens is 2. The minimum atomic E-state index is -0.418. The van der Waals surface area contributed by atoms with Crippen molar-refractivity contribution in [3.05, 3.63) is 34.9 Å². The number of nitrogen functional groups attached to an aromatic ring is 1. The molecule has 0 fully saturated rings. The number of ether oxygens (including phenoxy) is 1. The monoisotopic (exact) mass is 249 g/mol. The highest BCUT2D eigenvalue weighted by Crippen LogP contribution is 2.28. The lowest BCUT2D eigenvalue weighted by Crippen LogP contribution is -2.04. The summed E-state index contributed by atoms with van der Waals surface area (Å²) in [5.74, 6) is 0.0236. The first-order chi connectivity index (χ1) is 8.45. The number of nitrogens with zero attached hydrogens (tertiary/aromatic N) is 2. The van der Waals surface area contributed by atoms with Gasteiger partial charge >= 0.3 is 0 Å². The standard InChI is InChI=1S/C13H16FN3O/c1-7-8(2)16-17(9(7)3)12-6-13(18-4)11(15)5-10(12)14/h5-6H,15H2,1-4H3. The summed E-state index contributed by atoms with van der Waals surface area (Å²) in [6, 6.07) is 2.81. The molecule has 2 rings (SSSR count). The van der Waals surface area contributed by atoms with Crippen LogP contribution in [0.3, 0.4) is 0 Å². The van der Waals surface area contributed by atoms with E-state index < -0.39 is 5.82 Å². The maximum Gasteiger partial charge on any atom is 0.151 e. The fourth-order valence-electron chi connectivity index (χ4n) is 1.85. The minimum Gasteiger partial charge on any atom is -0.495 e. The molecule has 0 spiro atoms. The highest BCUT2D eigenvalue weighted by molar-refractivity contribution is 5.58. The van der Waals surface area contributed by atoms with Gasteiger partial charge < -0.3 is 10.5 Å². The van der Waals surface area contributed by atoms with E-state index in [0.29, 0.717) is 11.4 Å². The average molecular weight is 249 g/mol. The number of nitrogens with two attached hydrogens (primary N) is 1. The molecule has 1 heterocycles. The lowest BCUT2D eigenvalue weighted by atomic mass is 10.2. The van der Waals surface area contributed by atoms with Gasteiger partial charge in [0.25, 0.3) is 0 Å². The molecule has 0 aliphatic rings. The third-order valence-corrected chi connectivity index (χ3v) is 3.18. The SMILES string of the molecule is COc1cc(-n2nc(C)c(C)c2C)c(F)cc1N. The van der Waals surface area contributed by atoms with E-state index >= 15 is 0 Å². The van der Waals surface area contributed by atoms with Crippen molar-refractivity contribution >= 4 is 5.69 Å². The number of halogens is 1. The lowest BCUT2D eigenvalue weighted by Gasteiger charge is -2.10. The molecular weight excluding hydrogens is 233 g/mol. The van der Waals surface area contributed by atoms with Gasteiger partial charge in [-0.1, -0.05) is 0 Å². The van der Waals surface area contributed by atoms with Crippen molar-refractivity contribution in [1.29, 1.82) is 0 Å². The van der Waals surface area contributed by atoms with Gasteiger partial charge in [0.05, 0.1) is 18.5 Å². The second-order valence-corrected chi connectivity index (χ2v) is 4.25. The molecule has 1 aromatic carbocycles. The van der Waals surface area contributed by atoms with Crippen LogP contribution in [0.5, 0.6) is 5.75 Å². The predicted octanol–water partition coefficient (Wildman–Crippen LogP) is 2.53. The van der Waals surface area contributed by atoms with Crippen LogP contribution in [0.25, 0.3) is 5.69 Å². The smallest absolute Gasteiger partial charge is 0.151 e. The Morgan fingerprint density at radius 3 is 2.44 bits per heavy atom. The van der Waals surface area contributed by atoms with E-state index in [1.807, 2.05) is 20.8 Å². The number of benzene rings is 1.